The average Bonchev–Trinajstić information content (AvgIpc) is 2.63. The van der Waals surface area contributed by atoms with Crippen molar-refractivity contribution in [2.24, 2.45) is 17.2 Å². The monoisotopic (exact) mass is 229 g/mol. The fourth-order valence-electron chi connectivity index (χ4n) is 1.31. The van der Waals surface area contributed by atoms with Crippen LogP contribution < -0.4 is 17.2 Å². The van der Waals surface area contributed by atoms with Gasteiger partial charge in [0.1, 0.15) is 0 Å². The molecule has 0 aromatic rings. The van der Waals surface area contributed by atoms with E-state index in [0.29, 0.717) is 25.0 Å². The van der Waals surface area contributed by atoms with Gasteiger partial charge in [0.2, 0.25) is 0 Å². The quantitative estimate of drug-likeness (QED) is 0.504. The molecule has 5 heteroatoms. The van der Waals surface area contributed by atoms with Crippen molar-refractivity contribution in [1.82, 2.24) is 0 Å². The molecule has 0 aromatic heterocycles. The molecule has 0 bridgehead atoms. The number of carboxylic acid groups (broad SMARTS) is 1. The maximum absolute atomic E-state index is 9.70. The summed E-state index contributed by atoms with van der Waals surface area (Å²) in [5.74, 6) is -0.773. The van der Waals surface area contributed by atoms with Gasteiger partial charge in [0, 0.05) is 18.5 Å². The Morgan fingerprint density at radius 1 is 1.25 bits per heavy atom. The Labute approximate surface area is 97.4 Å². The molecule has 0 amide bonds. The third-order valence-corrected chi connectivity index (χ3v) is 2.11. The highest BCUT2D eigenvalue weighted by molar-refractivity contribution is 5.66. The maximum Gasteiger partial charge on any atom is 0.303 e. The molecule has 1 aliphatic rings. The molecular weight excluding hydrogens is 206 g/mol. The molecule has 94 valence electrons. The second kappa shape index (κ2) is 12.0. The summed E-state index contributed by atoms with van der Waals surface area (Å²) in [5, 5.41) is 7.99. The third kappa shape index (κ3) is 12.9. The lowest BCUT2D eigenvalue weighted by Gasteiger charge is -1.97. The number of rotatable bonds is 3. The van der Waals surface area contributed by atoms with Crippen molar-refractivity contribution in [3.8, 4) is 12.8 Å². The second-order valence-electron chi connectivity index (χ2n) is 3.62. The van der Waals surface area contributed by atoms with E-state index >= 15 is 0 Å². The van der Waals surface area contributed by atoms with E-state index in [1.54, 1.807) is 0 Å². The predicted molar refractivity (Wildman–Crippen MR) is 65.6 cm³/mol. The molecule has 0 radical (unpaired) electrons. The number of aliphatic carboxylic acids is 1. The highest BCUT2D eigenvalue weighted by atomic mass is 16.4. The zero-order valence-electron chi connectivity index (χ0n) is 9.64. The zero-order valence-corrected chi connectivity index (χ0v) is 9.64. The van der Waals surface area contributed by atoms with Crippen LogP contribution in [-0.2, 0) is 4.79 Å². The Morgan fingerprint density at radius 3 is 1.81 bits per heavy atom. The summed E-state index contributed by atoms with van der Waals surface area (Å²) in [5.41, 5.74) is 16.1. The van der Waals surface area contributed by atoms with E-state index < -0.39 is 5.97 Å². The molecule has 1 saturated carbocycles. The van der Waals surface area contributed by atoms with Crippen LogP contribution in [0, 0.1) is 12.8 Å². The lowest BCUT2D eigenvalue weighted by molar-refractivity contribution is -0.137. The third-order valence-electron chi connectivity index (χ3n) is 2.11. The van der Waals surface area contributed by atoms with Crippen LogP contribution in [0.2, 0.25) is 0 Å². The highest BCUT2D eigenvalue weighted by Crippen LogP contribution is 2.13. The summed E-state index contributed by atoms with van der Waals surface area (Å²) in [4.78, 5) is 9.70. The van der Waals surface area contributed by atoms with Gasteiger partial charge in [-0.05, 0) is 32.2 Å². The lowest BCUT2D eigenvalue weighted by Crippen LogP contribution is -2.20. The Bertz CT molecular complexity index is 187. The Hall–Kier alpha value is -1.09. The number of carboxylic acids is 1. The largest absolute Gasteiger partial charge is 0.481 e. The van der Waals surface area contributed by atoms with Crippen LogP contribution >= 0.6 is 0 Å². The molecule has 1 rings (SSSR count). The Kier molecular flexibility index (Phi) is 13.0. The number of nitrogens with two attached hydrogens (primary N) is 3. The van der Waals surface area contributed by atoms with E-state index in [4.69, 9.17) is 22.3 Å². The molecule has 0 aliphatic heterocycles. The van der Waals surface area contributed by atoms with Gasteiger partial charge in [-0.3, -0.25) is 4.79 Å². The summed E-state index contributed by atoms with van der Waals surface area (Å²) < 4.78 is 0. The van der Waals surface area contributed by atoms with Gasteiger partial charge in [-0.1, -0.05) is 0 Å². The van der Waals surface area contributed by atoms with Crippen LogP contribution in [0.15, 0.2) is 0 Å². The molecule has 0 aromatic carbocycles. The van der Waals surface area contributed by atoms with Crippen LogP contribution in [0.25, 0.3) is 0 Å². The molecule has 7 N–H and O–H groups in total. The minimum atomic E-state index is -0.773. The van der Waals surface area contributed by atoms with E-state index in [1.165, 1.54) is 0 Å². The van der Waals surface area contributed by atoms with E-state index in [2.05, 4.69) is 12.8 Å². The zero-order chi connectivity index (χ0) is 13.0. The Morgan fingerprint density at radius 2 is 1.69 bits per heavy atom. The van der Waals surface area contributed by atoms with E-state index in [9.17, 15) is 4.79 Å². The first kappa shape index (κ1) is 17.3. The van der Waals surface area contributed by atoms with Crippen molar-refractivity contribution in [3.05, 3.63) is 0 Å². The van der Waals surface area contributed by atoms with Gasteiger partial charge < -0.3 is 22.3 Å². The minimum absolute atomic E-state index is 0.191. The summed E-state index contributed by atoms with van der Waals surface area (Å²) in [7, 11) is 0. The second-order valence-corrected chi connectivity index (χ2v) is 3.62. The van der Waals surface area contributed by atoms with Gasteiger partial charge in [-0.15, -0.1) is 12.8 Å². The van der Waals surface area contributed by atoms with Crippen molar-refractivity contribution in [2.75, 3.05) is 6.54 Å². The van der Waals surface area contributed by atoms with Crippen molar-refractivity contribution in [2.45, 2.75) is 44.2 Å². The smallest absolute Gasteiger partial charge is 0.303 e. The topological polar surface area (TPSA) is 115 Å². The fourth-order valence-corrected chi connectivity index (χ4v) is 1.31. The van der Waals surface area contributed by atoms with Crippen LogP contribution in [0.3, 0.4) is 0 Å². The van der Waals surface area contributed by atoms with Gasteiger partial charge in [-0.25, -0.2) is 0 Å². The summed E-state index contributed by atoms with van der Waals surface area (Å²) in [6.45, 7) is 0.465. The number of hydrogen-bond donors (Lipinski definition) is 4. The van der Waals surface area contributed by atoms with Crippen molar-refractivity contribution < 1.29 is 9.90 Å². The van der Waals surface area contributed by atoms with Crippen molar-refractivity contribution >= 4 is 5.97 Å². The summed E-state index contributed by atoms with van der Waals surface area (Å²) in [6.07, 6.45) is 12.0. The predicted octanol–water partition coefficient (Wildman–Crippen LogP) is -0.116. The van der Waals surface area contributed by atoms with Crippen LogP contribution in [-0.4, -0.2) is 29.7 Å². The fraction of sp³-hybridized carbons (Fsp3) is 0.727. The first-order valence-electron chi connectivity index (χ1n) is 5.32. The molecule has 0 saturated heterocycles. The molecule has 2 atom stereocenters. The molecule has 5 nitrogen and oxygen atoms in total. The number of carbonyl (C=O) groups is 1. The lowest BCUT2D eigenvalue weighted by atomic mass is 10.2. The summed E-state index contributed by atoms with van der Waals surface area (Å²) >= 11 is 0. The average molecular weight is 229 g/mol. The van der Waals surface area contributed by atoms with Gasteiger partial charge in [0.25, 0.3) is 0 Å². The van der Waals surface area contributed by atoms with E-state index in [0.717, 1.165) is 19.3 Å². The first-order valence-corrected chi connectivity index (χ1v) is 5.32. The van der Waals surface area contributed by atoms with Gasteiger partial charge in [0.05, 0.1) is 0 Å². The number of hydrogen-bond acceptors (Lipinski definition) is 4. The van der Waals surface area contributed by atoms with Crippen LogP contribution in [0.1, 0.15) is 32.1 Å². The van der Waals surface area contributed by atoms with E-state index in [-0.39, 0.29) is 6.42 Å². The Balaban J connectivity index is 0. The normalized spacial score (nSPS) is 22.3. The number of terminal acetylenes is 1. The highest BCUT2D eigenvalue weighted by Gasteiger charge is 2.16. The van der Waals surface area contributed by atoms with Crippen LogP contribution in [0.4, 0.5) is 0 Å². The maximum atomic E-state index is 9.70. The molecule has 0 unspecified atom stereocenters. The standard InChI is InChI=1S/C5H12N2.C4H9NO2.C2H2/c6-4-1-2-5(7)3-4;5-3-1-2-4(6)7;1-2/h4-5H,1-3,6-7H2;1-3,5H2,(H,6,7);1-2H/t4-,5+;;. The van der Waals surface area contributed by atoms with Gasteiger partial charge >= 0.3 is 5.97 Å². The SMILES string of the molecule is C#C.NCCCC(=O)O.N[C@@H]1CC[C@H](N)C1. The first-order chi connectivity index (χ1) is 7.56. The van der Waals surface area contributed by atoms with Crippen LogP contribution in [0.5, 0.6) is 0 Å². The molecule has 1 fully saturated rings. The van der Waals surface area contributed by atoms with E-state index in [1.807, 2.05) is 0 Å². The minimum Gasteiger partial charge on any atom is -0.481 e. The van der Waals surface area contributed by atoms with Gasteiger partial charge in [-0.2, -0.15) is 0 Å². The van der Waals surface area contributed by atoms with Gasteiger partial charge in [0.15, 0.2) is 0 Å². The molecule has 0 heterocycles. The van der Waals surface area contributed by atoms with Crippen molar-refractivity contribution in [3.63, 3.8) is 0 Å². The van der Waals surface area contributed by atoms with Crippen molar-refractivity contribution in [1.29, 1.82) is 0 Å². The molecule has 0 spiro atoms. The summed E-state index contributed by atoms with van der Waals surface area (Å²) in [6, 6.07) is 0.796. The molecular formula is C11H23N3O2. The molecule has 1 aliphatic carbocycles. The molecule has 16 heavy (non-hydrogen) atoms.